The average Bonchev–Trinajstić information content (AvgIpc) is 3.38. The van der Waals surface area contributed by atoms with Gasteiger partial charge in [0.2, 0.25) is 6.41 Å². The minimum absolute atomic E-state index is 0.229. The SMILES string of the molecule is CCCNC(O)OCC1CC[C@H](c2cc(NC(=O)c3cc(C)nn3C)n[nH]2)C1. The molecule has 2 heterocycles. The van der Waals surface area contributed by atoms with Crippen molar-refractivity contribution in [3.8, 4) is 0 Å². The summed E-state index contributed by atoms with van der Waals surface area (Å²) in [5.74, 6) is 1.04. The first-order valence-corrected chi connectivity index (χ1v) is 9.86. The highest BCUT2D eigenvalue weighted by Crippen LogP contribution is 2.38. The number of aliphatic hydroxyl groups excluding tert-OH is 1. The smallest absolute Gasteiger partial charge is 0.275 e. The Morgan fingerprint density at radius 2 is 2.29 bits per heavy atom. The van der Waals surface area contributed by atoms with Gasteiger partial charge in [-0.15, -0.1) is 0 Å². The minimum Gasteiger partial charge on any atom is -0.356 e. The molecule has 3 rings (SSSR count). The molecule has 1 aliphatic rings. The van der Waals surface area contributed by atoms with Gasteiger partial charge < -0.3 is 15.2 Å². The molecule has 2 unspecified atom stereocenters. The molecule has 0 saturated heterocycles. The largest absolute Gasteiger partial charge is 0.356 e. The van der Waals surface area contributed by atoms with Crippen molar-refractivity contribution >= 4 is 11.7 Å². The molecule has 9 nitrogen and oxygen atoms in total. The van der Waals surface area contributed by atoms with Gasteiger partial charge in [-0.25, -0.2) is 0 Å². The van der Waals surface area contributed by atoms with Crippen LogP contribution in [0.3, 0.4) is 0 Å². The lowest BCUT2D eigenvalue weighted by molar-refractivity contribution is -0.128. The molecule has 1 saturated carbocycles. The number of aromatic nitrogens is 4. The normalized spacial score (nSPS) is 20.4. The van der Waals surface area contributed by atoms with Gasteiger partial charge in [0, 0.05) is 24.7 Å². The fraction of sp³-hybridized carbons (Fsp3) is 0.632. The molecule has 3 atom stereocenters. The first kappa shape index (κ1) is 20.5. The van der Waals surface area contributed by atoms with Crippen LogP contribution >= 0.6 is 0 Å². The molecule has 0 bridgehead atoms. The zero-order valence-electron chi connectivity index (χ0n) is 16.7. The van der Waals surface area contributed by atoms with Gasteiger partial charge in [-0.05, 0) is 51.1 Å². The van der Waals surface area contributed by atoms with Crippen molar-refractivity contribution in [2.45, 2.75) is 51.9 Å². The van der Waals surface area contributed by atoms with E-state index in [0.717, 1.165) is 43.6 Å². The van der Waals surface area contributed by atoms with E-state index in [0.29, 0.717) is 30.0 Å². The van der Waals surface area contributed by atoms with Gasteiger partial charge in [0.1, 0.15) is 5.69 Å². The summed E-state index contributed by atoms with van der Waals surface area (Å²) in [6, 6.07) is 3.64. The van der Waals surface area contributed by atoms with Gasteiger partial charge in [-0.3, -0.25) is 19.9 Å². The number of aromatic amines is 1. The van der Waals surface area contributed by atoms with E-state index in [-0.39, 0.29) is 5.91 Å². The lowest BCUT2D eigenvalue weighted by atomic mass is 10.0. The highest BCUT2D eigenvalue weighted by atomic mass is 16.6. The summed E-state index contributed by atoms with van der Waals surface area (Å²) in [6.07, 6.45) is 3.09. The maximum absolute atomic E-state index is 12.4. The number of carbonyl (C=O) groups excluding carboxylic acids is 1. The Morgan fingerprint density at radius 1 is 1.46 bits per heavy atom. The summed E-state index contributed by atoms with van der Waals surface area (Å²) < 4.78 is 7.04. The Kier molecular flexibility index (Phi) is 6.82. The van der Waals surface area contributed by atoms with E-state index in [1.807, 2.05) is 19.9 Å². The Labute approximate surface area is 164 Å². The van der Waals surface area contributed by atoms with Crippen molar-refractivity contribution in [2.75, 3.05) is 18.5 Å². The number of nitrogens with one attached hydrogen (secondary N) is 3. The summed E-state index contributed by atoms with van der Waals surface area (Å²) in [5.41, 5.74) is 2.31. The third-order valence-electron chi connectivity index (χ3n) is 5.11. The van der Waals surface area contributed by atoms with E-state index in [2.05, 4.69) is 25.9 Å². The van der Waals surface area contributed by atoms with Gasteiger partial charge in [-0.2, -0.15) is 10.2 Å². The molecule has 28 heavy (non-hydrogen) atoms. The van der Waals surface area contributed by atoms with Crippen molar-refractivity contribution in [3.63, 3.8) is 0 Å². The van der Waals surface area contributed by atoms with Crippen molar-refractivity contribution in [1.29, 1.82) is 0 Å². The monoisotopic (exact) mass is 390 g/mol. The predicted molar refractivity (Wildman–Crippen MR) is 105 cm³/mol. The number of hydrogen-bond donors (Lipinski definition) is 4. The first-order chi connectivity index (χ1) is 13.5. The third-order valence-corrected chi connectivity index (χ3v) is 5.11. The van der Waals surface area contributed by atoms with Crippen LogP contribution in [-0.4, -0.2) is 50.6 Å². The van der Waals surface area contributed by atoms with E-state index in [1.165, 1.54) is 0 Å². The van der Waals surface area contributed by atoms with Crippen molar-refractivity contribution in [1.82, 2.24) is 25.3 Å². The van der Waals surface area contributed by atoms with Gasteiger partial charge in [0.25, 0.3) is 5.91 Å². The molecule has 2 aromatic rings. The van der Waals surface area contributed by atoms with E-state index in [9.17, 15) is 9.90 Å². The molecule has 2 aromatic heterocycles. The average molecular weight is 390 g/mol. The fourth-order valence-electron chi connectivity index (χ4n) is 3.68. The summed E-state index contributed by atoms with van der Waals surface area (Å²) in [5, 5.41) is 26.9. The number of amides is 1. The molecule has 0 radical (unpaired) electrons. The van der Waals surface area contributed by atoms with Crippen LogP contribution < -0.4 is 10.6 Å². The number of nitrogens with zero attached hydrogens (tertiary/aromatic N) is 3. The summed E-state index contributed by atoms with van der Waals surface area (Å²) in [7, 11) is 1.74. The number of carbonyl (C=O) groups is 1. The van der Waals surface area contributed by atoms with Crippen LogP contribution in [0.1, 0.15) is 60.4 Å². The van der Waals surface area contributed by atoms with E-state index in [1.54, 1.807) is 17.8 Å². The van der Waals surface area contributed by atoms with E-state index in [4.69, 9.17) is 4.74 Å². The summed E-state index contributed by atoms with van der Waals surface area (Å²) >= 11 is 0. The van der Waals surface area contributed by atoms with Crippen LogP contribution in [0, 0.1) is 12.8 Å². The predicted octanol–water partition coefficient (Wildman–Crippen LogP) is 1.88. The lowest BCUT2D eigenvalue weighted by Gasteiger charge is -2.16. The molecule has 1 aliphatic carbocycles. The second-order valence-corrected chi connectivity index (χ2v) is 7.47. The minimum atomic E-state index is -0.899. The maximum atomic E-state index is 12.4. The van der Waals surface area contributed by atoms with Crippen LogP contribution in [0.5, 0.6) is 0 Å². The molecule has 4 N–H and O–H groups in total. The molecule has 0 aromatic carbocycles. The Bertz CT molecular complexity index is 786. The van der Waals surface area contributed by atoms with Gasteiger partial charge in [0.05, 0.1) is 12.3 Å². The standard InChI is InChI=1S/C19H30N6O3/c1-4-7-20-19(27)28-11-13-5-6-14(9-13)15-10-17(23-22-15)21-18(26)16-8-12(2)24-25(16)3/h8,10,13-14,19-20,27H,4-7,9,11H2,1-3H3,(H2,21,22,23,26)/t13?,14-,19?/m0/s1. The number of aliphatic hydroxyl groups is 1. The van der Waals surface area contributed by atoms with Crippen molar-refractivity contribution in [2.24, 2.45) is 13.0 Å². The molecular formula is C19H30N6O3. The highest BCUT2D eigenvalue weighted by molar-refractivity contribution is 6.02. The molecule has 0 aliphatic heterocycles. The first-order valence-electron chi connectivity index (χ1n) is 9.86. The number of hydrogen-bond acceptors (Lipinski definition) is 6. The van der Waals surface area contributed by atoms with Gasteiger partial charge in [0.15, 0.2) is 5.82 Å². The molecule has 9 heteroatoms. The summed E-state index contributed by atoms with van der Waals surface area (Å²) in [4.78, 5) is 12.4. The molecule has 154 valence electrons. The number of aryl methyl sites for hydroxylation is 2. The van der Waals surface area contributed by atoms with Crippen LogP contribution in [0.25, 0.3) is 0 Å². The van der Waals surface area contributed by atoms with Crippen LogP contribution in [0.15, 0.2) is 12.1 Å². The Hall–Kier alpha value is -2.23. The number of H-pyrrole nitrogens is 1. The molecule has 0 spiro atoms. The maximum Gasteiger partial charge on any atom is 0.275 e. The highest BCUT2D eigenvalue weighted by Gasteiger charge is 2.28. The quantitative estimate of drug-likeness (QED) is 0.486. The van der Waals surface area contributed by atoms with Crippen LogP contribution in [0.4, 0.5) is 5.82 Å². The Balaban J connectivity index is 1.49. The second-order valence-electron chi connectivity index (χ2n) is 7.47. The number of ether oxygens (including phenoxy) is 1. The van der Waals surface area contributed by atoms with Crippen LogP contribution in [0.2, 0.25) is 0 Å². The van der Waals surface area contributed by atoms with Gasteiger partial charge >= 0.3 is 0 Å². The van der Waals surface area contributed by atoms with Crippen LogP contribution in [-0.2, 0) is 11.8 Å². The molecule has 1 amide bonds. The fourth-order valence-corrected chi connectivity index (χ4v) is 3.68. The van der Waals surface area contributed by atoms with Crippen molar-refractivity contribution < 1.29 is 14.6 Å². The molecular weight excluding hydrogens is 360 g/mol. The van der Waals surface area contributed by atoms with E-state index >= 15 is 0 Å². The van der Waals surface area contributed by atoms with Crippen molar-refractivity contribution in [3.05, 3.63) is 29.2 Å². The molecule has 1 fully saturated rings. The van der Waals surface area contributed by atoms with E-state index < -0.39 is 6.41 Å². The zero-order chi connectivity index (χ0) is 20.1. The Morgan fingerprint density at radius 3 is 3.00 bits per heavy atom. The summed E-state index contributed by atoms with van der Waals surface area (Å²) in [6.45, 7) is 5.16. The topological polar surface area (TPSA) is 117 Å². The lowest BCUT2D eigenvalue weighted by Crippen LogP contribution is -2.33. The number of rotatable bonds is 9. The van der Waals surface area contributed by atoms with Gasteiger partial charge in [-0.1, -0.05) is 6.92 Å². The zero-order valence-corrected chi connectivity index (χ0v) is 16.7. The second kappa shape index (κ2) is 9.31. The number of anilines is 1. The third kappa shape index (κ3) is 5.18.